The van der Waals surface area contributed by atoms with Crippen LogP contribution in [0.2, 0.25) is 0 Å². The third-order valence-corrected chi connectivity index (χ3v) is 4.42. The van der Waals surface area contributed by atoms with Gasteiger partial charge in [0.25, 0.3) is 0 Å². The number of fused-ring (bicyclic) bond motifs is 1. The standard InChI is InChI=1S/C13H9BrF4O4/c14-7-4-9-8(21-12(15,16)13(17,18)22-9)3-6(7)11(1-2-11)5-10(19)20/h3-4H,1-2,5H2,(H,19,20). The van der Waals surface area contributed by atoms with E-state index in [1.807, 2.05) is 0 Å². The summed E-state index contributed by atoms with van der Waals surface area (Å²) in [6, 6.07) is 2.23. The zero-order chi connectivity index (χ0) is 16.3. The highest BCUT2D eigenvalue weighted by molar-refractivity contribution is 9.10. The summed E-state index contributed by atoms with van der Waals surface area (Å²) in [5.74, 6) is -2.10. The van der Waals surface area contributed by atoms with Gasteiger partial charge in [-0.25, -0.2) is 0 Å². The third kappa shape index (κ3) is 2.31. The van der Waals surface area contributed by atoms with E-state index in [-0.39, 0.29) is 6.42 Å². The molecule has 3 rings (SSSR count). The molecule has 0 saturated heterocycles. The van der Waals surface area contributed by atoms with Gasteiger partial charge < -0.3 is 14.6 Å². The highest BCUT2D eigenvalue weighted by Crippen LogP contribution is 2.56. The van der Waals surface area contributed by atoms with Crippen molar-refractivity contribution >= 4 is 21.9 Å². The van der Waals surface area contributed by atoms with Crippen LogP contribution in [0, 0.1) is 0 Å². The lowest BCUT2D eigenvalue weighted by Gasteiger charge is -2.32. The number of ether oxygens (including phenoxy) is 2. The molecule has 1 aliphatic heterocycles. The highest BCUT2D eigenvalue weighted by atomic mass is 79.9. The van der Waals surface area contributed by atoms with Crippen LogP contribution in [0.4, 0.5) is 17.6 Å². The van der Waals surface area contributed by atoms with Crippen LogP contribution in [0.3, 0.4) is 0 Å². The molecule has 1 N–H and O–H groups in total. The summed E-state index contributed by atoms with van der Waals surface area (Å²) < 4.78 is 61.1. The number of hydrogen-bond donors (Lipinski definition) is 1. The maximum absolute atomic E-state index is 13.2. The van der Waals surface area contributed by atoms with Gasteiger partial charge in [0.05, 0.1) is 6.42 Å². The molecule has 0 atom stereocenters. The molecule has 9 heteroatoms. The smallest absolute Gasteiger partial charge is 0.481 e. The average Bonchev–Trinajstić information content (AvgIpc) is 3.09. The number of carboxylic acid groups (broad SMARTS) is 1. The van der Waals surface area contributed by atoms with E-state index >= 15 is 0 Å². The van der Waals surface area contributed by atoms with E-state index < -0.39 is 35.1 Å². The fraction of sp³-hybridized carbons (Fsp3) is 0.462. The van der Waals surface area contributed by atoms with Crippen LogP contribution in [0.25, 0.3) is 0 Å². The summed E-state index contributed by atoms with van der Waals surface area (Å²) in [5.41, 5.74) is -0.267. The Kier molecular flexibility index (Phi) is 3.15. The molecule has 0 radical (unpaired) electrons. The summed E-state index contributed by atoms with van der Waals surface area (Å²) >= 11 is 3.15. The van der Waals surface area contributed by atoms with Gasteiger partial charge in [-0.2, -0.15) is 17.6 Å². The third-order valence-electron chi connectivity index (χ3n) is 3.76. The topological polar surface area (TPSA) is 55.8 Å². The van der Waals surface area contributed by atoms with Crippen molar-refractivity contribution in [3.63, 3.8) is 0 Å². The van der Waals surface area contributed by atoms with Crippen LogP contribution in [0.5, 0.6) is 11.5 Å². The summed E-state index contributed by atoms with van der Waals surface area (Å²) in [7, 11) is 0. The second-order valence-corrected chi connectivity index (χ2v) is 6.22. The van der Waals surface area contributed by atoms with E-state index in [1.165, 1.54) is 0 Å². The maximum Gasteiger partial charge on any atom is 0.507 e. The Hall–Kier alpha value is -1.51. The molecule has 4 nitrogen and oxygen atoms in total. The lowest BCUT2D eigenvalue weighted by Crippen LogP contribution is -2.52. The van der Waals surface area contributed by atoms with E-state index in [9.17, 15) is 22.4 Å². The largest absolute Gasteiger partial charge is 0.507 e. The van der Waals surface area contributed by atoms with Gasteiger partial charge in [0, 0.05) is 9.89 Å². The van der Waals surface area contributed by atoms with E-state index in [1.54, 1.807) is 0 Å². The molecule has 2 aliphatic rings. The van der Waals surface area contributed by atoms with Crippen molar-refractivity contribution in [2.75, 3.05) is 0 Å². The van der Waals surface area contributed by atoms with E-state index in [0.717, 1.165) is 12.1 Å². The molecular formula is C13H9BrF4O4. The number of aliphatic carboxylic acids is 1. The Morgan fingerprint density at radius 3 is 2.09 bits per heavy atom. The van der Waals surface area contributed by atoms with Gasteiger partial charge in [0.2, 0.25) is 0 Å². The van der Waals surface area contributed by atoms with Gasteiger partial charge in [-0.1, -0.05) is 15.9 Å². The van der Waals surface area contributed by atoms with Crippen LogP contribution in [0.15, 0.2) is 16.6 Å². The van der Waals surface area contributed by atoms with Gasteiger partial charge in [0.1, 0.15) is 0 Å². The first-order valence-electron chi connectivity index (χ1n) is 6.26. The lowest BCUT2D eigenvalue weighted by molar-refractivity contribution is -0.391. The first-order valence-corrected chi connectivity index (χ1v) is 7.05. The van der Waals surface area contributed by atoms with Crippen molar-refractivity contribution in [2.45, 2.75) is 36.9 Å². The fourth-order valence-corrected chi connectivity index (χ4v) is 3.22. The molecule has 1 aromatic rings. The SMILES string of the molecule is O=C(O)CC1(c2cc3c(cc2Br)OC(F)(F)C(F)(F)O3)CC1. The van der Waals surface area contributed by atoms with Gasteiger partial charge >= 0.3 is 18.2 Å². The Morgan fingerprint density at radius 1 is 1.14 bits per heavy atom. The number of carboxylic acids is 1. The van der Waals surface area contributed by atoms with Gasteiger partial charge in [-0.3, -0.25) is 4.79 Å². The predicted molar refractivity (Wildman–Crippen MR) is 68.5 cm³/mol. The lowest BCUT2D eigenvalue weighted by atomic mass is 9.92. The Labute approximate surface area is 130 Å². The van der Waals surface area contributed by atoms with Crippen molar-refractivity contribution in [2.24, 2.45) is 0 Å². The fourth-order valence-electron chi connectivity index (χ4n) is 2.48. The summed E-state index contributed by atoms with van der Waals surface area (Å²) in [6.07, 6.45) is -8.64. The number of carbonyl (C=O) groups is 1. The van der Waals surface area contributed by atoms with Crippen LogP contribution in [0.1, 0.15) is 24.8 Å². The molecule has 1 fully saturated rings. The minimum Gasteiger partial charge on any atom is -0.481 e. The van der Waals surface area contributed by atoms with E-state index in [0.29, 0.717) is 22.9 Å². The molecular weight excluding hydrogens is 376 g/mol. The van der Waals surface area contributed by atoms with Gasteiger partial charge in [-0.05, 0) is 30.5 Å². The Balaban J connectivity index is 2.03. The maximum atomic E-state index is 13.2. The molecule has 1 aliphatic carbocycles. The van der Waals surface area contributed by atoms with E-state index in [4.69, 9.17) is 5.11 Å². The molecule has 0 bridgehead atoms. The zero-order valence-electron chi connectivity index (χ0n) is 10.8. The number of halogens is 5. The number of hydrogen-bond acceptors (Lipinski definition) is 3. The van der Waals surface area contributed by atoms with Crippen LogP contribution in [-0.4, -0.2) is 23.3 Å². The zero-order valence-corrected chi connectivity index (χ0v) is 12.4. The molecule has 1 heterocycles. The summed E-state index contributed by atoms with van der Waals surface area (Å²) in [6.45, 7) is 0. The van der Waals surface area contributed by atoms with Gasteiger partial charge in [-0.15, -0.1) is 0 Å². The molecule has 0 spiro atoms. The predicted octanol–water partition coefficient (Wildman–Crippen LogP) is 3.91. The molecule has 0 unspecified atom stereocenters. The van der Waals surface area contributed by atoms with E-state index in [2.05, 4.69) is 25.4 Å². The van der Waals surface area contributed by atoms with Crippen molar-refractivity contribution in [1.29, 1.82) is 0 Å². The number of alkyl halides is 4. The van der Waals surface area contributed by atoms with Crippen LogP contribution in [-0.2, 0) is 10.2 Å². The molecule has 0 amide bonds. The first kappa shape index (κ1) is 15.4. The summed E-state index contributed by atoms with van der Waals surface area (Å²) in [4.78, 5) is 10.9. The molecule has 22 heavy (non-hydrogen) atoms. The number of benzene rings is 1. The Morgan fingerprint density at radius 2 is 1.64 bits per heavy atom. The van der Waals surface area contributed by atoms with Gasteiger partial charge in [0.15, 0.2) is 11.5 Å². The molecule has 1 aromatic carbocycles. The highest BCUT2D eigenvalue weighted by Gasteiger charge is 2.66. The van der Waals surface area contributed by atoms with Crippen molar-refractivity contribution < 1.29 is 36.9 Å². The van der Waals surface area contributed by atoms with Crippen molar-refractivity contribution in [1.82, 2.24) is 0 Å². The molecule has 120 valence electrons. The molecule has 0 aromatic heterocycles. The summed E-state index contributed by atoms with van der Waals surface area (Å²) in [5, 5.41) is 8.94. The monoisotopic (exact) mass is 384 g/mol. The quantitative estimate of drug-likeness (QED) is 0.802. The minimum atomic E-state index is -4.80. The van der Waals surface area contributed by atoms with Crippen LogP contribution < -0.4 is 9.47 Å². The average molecular weight is 385 g/mol. The van der Waals surface area contributed by atoms with Crippen molar-refractivity contribution in [3.8, 4) is 11.5 Å². The van der Waals surface area contributed by atoms with Crippen LogP contribution >= 0.6 is 15.9 Å². The van der Waals surface area contributed by atoms with Crippen molar-refractivity contribution in [3.05, 3.63) is 22.2 Å². The minimum absolute atomic E-state index is 0.183. The first-order chi connectivity index (χ1) is 10.1. The number of rotatable bonds is 3. The normalized spacial score (nSPS) is 23.0. The second kappa shape index (κ2) is 4.50. The second-order valence-electron chi connectivity index (χ2n) is 5.37. The Bertz CT molecular complexity index is 658. The molecule has 1 saturated carbocycles.